The lowest BCUT2D eigenvalue weighted by Gasteiger charge is -2.36. The third-order valence-electron chi connectivity index (χ3n) is 5.39. The van der Waals surface area contributed by atoms with Crippen LogP contribution >= 0.6 is 0 Å². The molecule has 7 heteroatoms. The Labute approximate surface area is 156 Å². The summed E-state index contributed by atoms with van der Waals surface area (Å²) in [6.07, 6.45) is 5.07. The predicted molar refractivity (Wildman–Crippen MR) is 103 cm³/mol. The van der Waals surface area contributed by atoms with Gasteiger partial charge in [0.2, 0.25) is 10.0 Å². The van der Waals surface area contributed by atoms with Gasteiger partial charge in [-0.3, -0.25) is 4.79 Å². The van der Waals surface area contributed by atoms with Crippen molar-refractivity contribution in [3.8, 4) is 0 Å². The molecule has 1 amide bonds. The number of sulfonamides is 1. The smallest absolute Gasteiger partial charge is 0.255 e. The molecule has 6 nitrogen and oxygen atoms in total. The van der Waals surface area contributed by atoms with Crippen LogP contribution in [0.3, 0.4) is 0 Å². The molecule has 1 aliphatic carbocycles. The van der Waals surface area contributed by atoms with Gasteiger partial charge in [-0.2, -0.15) is 5.10 Å². The third-order valence-corrected chi connectivity index (χ3v) is 6.81. The van der Waals surface area contributed by atoms with E-state index in [4.69, 9.17) is 0 Å². The molecule has 26 heavy (non-hydrogen) atoms. The highest BCUT2D eigenvalue weighted by atomic mass is 32.2. The lowest BCUT2D eigenvalue weighted by Crippen LogP contribution is -2.35. The zero-order chi connectivity index (χ0) is 19.2. The summed E-state index contributed by atoms with van der Waals surface area (Å²) >= 11 is 0. The van der Waals surface area contributed by atoms with Gasteiger partial charge in [-0.05, 0) is 49.1 Å². The maximum atomic E-state index is 12.1. The average Bonchev–Trinajstić information content (AvgIpc) is 2.66. The van der Waals surface area contributed by atoms with Crippen LogP contribution in [-0.4, -0.2) is 26.6 Å². The first-order valence-electron chi connectivity index (χ1n) is 9.13. The number of hydrogen-bond acceptors (Lipinski definition) is 4. The Morgan fingerprint density at radius 2 is 1.81 bits per heavy atom. The molecule has 0 atom stereocenters. The lowest BCUT2D eigenvalue weighted by molar-refractivity contribution is -0.119. The maximum Gasteiger partial charge on any atom is 0.255 e. The molecular formula is C19H29N3O3S. The maximum absolute atomic E-state index is 12.1. The molecule has 0 aromatic heterocycles. The fourth-order valence-electron chi connectivity index (χ4n) is 3.16. The number of carbonyl (C=O) groups excluding carboxylic acids is 1. The summed E-state index contributed by atoms with van der Waals surface area (Å²) in [6.45, 7) is 6.50. The first kappa shape index (κ1) is 20.6. The quantitative estimate of drug-likeness (QED) is 0.714. The van der Waals surface area contributed by atoms with Crippen LogP contribution in [0.1, 0.15) is 52.9 Å². The molecule has 1 aliphatic rings. The van der Waals surface area contributed by atoms with E-state index in [1.54, 1.807) is 18.2 Å². The van der Waals surface area contributed by atoms with Gasteiger partial charge in [0.1, 0.15) is 0 Å². The summed E-state index contributed by atoms with van der Waals surface area (Å²) in [4.78, 5) is 12.0. The molecule has 0 saturated heterocycles. The number of amides is 1. The molecule has 2 N–H and O–H groups in total. The number of hydrogen-bond donors (Lipinski definition) is 2. The van der Waals surface area contributed by atoms with Crippen LogP contribution in [0, 0.1) is 11.3 Å². The minimum atomic E-state index is -3.68. The van der Waals surface area contributed by atoms with Crippen molar-refractivity contribution in [2.24, 2.45) is 16.4 Å². The fraction of sp³-hybridized carbons (Fsp3) is 0.579. The number of benzene rings is 1. The van der Waals surface area contributed by atoms with Crippen molar-refractivity contribution in [2.45, 2.75) is 57.8 Å². The van der Waals surface area contributed by atoms with Crippen LogP contribution < -0.4 is 10.1 Å². The standard InChI is InChI=1S/C19H29N3O3S/c1-4-19(2,3)15-10-12-16(13-11-15)21-22-18(23)14-20-26(24,25)17-8-6-5-7-9-17/h5-9,15,20H,4,10-14H2,1-3H3,(H,22,23). The lowest BCUT2D eigenvalue weighted by atomic mass is 9.69. The van der Waals surface area contributed by atoms with Crippen molar-refractivity contribution in [3.63, 3.8) is 0 Å². The van der Waals surface area contributed by atoms with E-state index in [1.165, 1.54) is 12.1 Å². The first-order chi connectivity index (χ1) is 12.2. The molecule has 144 valence electrons. The molecule has 1 fully saturated rings. The second kappa shape index (κ2) is 8.77. The molecule has 0 unspecified atom stereocenters. The van der Waals surface area contributed by atoms with E-state index >= 15 is 0 Å². The zero-order valence-corrected chi connectivity index (χ0v) is 16.6. The van der Waals surface area contributed by atoms with Crippen LogP contribution in [-0.2, 0) is 14.8 Å². The molecule has 0 spiro atoms. The molecule has 0 radical (unpaired) electrons. The van der Waals surface area contributed by atoms with E-state index in [0.717, 1.165) is 37.8 Å². The fourth-order valence-corrected chi connectivity index (χ4v) is 4.16. The van der Waals surface area contributed by atoms with Gasteiger partial charge in [0.25, 0.3) is 5.91 Å². The summed E-state index contributed by atoms with van der Waals surface area (Å²) in [5.74, 6) is 0.216. The Kier molecular flexibility index (Phi) is 6.94. The number of nitrogens with zero attached hydrogens (tertiary/aromatic N) is 1. The number of carbonyl (C=O) groups is 1. The van der Waals surface area contributed by atoms with Crippen LogP contribution in [0.25, 0.3) is 0 Å². The van der Waals surface area contributed by atoms with Gasteiger partial charge < -0.3 is 0 Å². The Morgan fingerprint density at radius 1 is 1.19 bits per heavy atom. The highest BCUT2D eigenvalue weighted by Crippen LogP contribution is 2.39. The minimum absolute atomic E-state index is 0.135. The van der Waals surface area contributed by atoms with Gasteiger partial charge in [0, 0.05) is 5.71 Å². The van der Waals surface area contributed by atoms with Gasteiger partial charge in [-0.25, -0.2) is 18.6 Å². The third kappa shape index (κ3) is 5.64. The van der Waals surface area contributed by atoms with E-state index in [1.807, 2.05) is 0 Å². The van der Waals surface area contributed by atoms with Crippen LogP contribution in [0.15, 0.2) is 40.3 Å². The van der Waals surface area contributed by atoms with E-state index in [0.29, 0.717) is 11.3 Å². The van der Waals surface area contributed by atoms with Crippen molar-refractivity contribution >= 4 is 21.6 Å². The van der Waals surface area contributed by atoms with Crippen LogP contribution in [0.5, 0.6) is 0 Å². The van der Waals surface area contributed by atoms with Crippen molar-refractivity contribution in [1.82, 2.24) is 10.1 Å². The molecule has 1 saturated carbocycles. The summed E-state index contributed by atoms with van der Waals surface area (Å²) in [5.41, 5.74) is 3.78. The van der Waals surface area contributed by atoms with Crippen LogP contribution in [0.2, 0.25) is 0 Å². The number of hydrazone groups is 1. The largest absolute Gasteiger partial charge is 0.272 e. The van der Waals surface area contributed by atoms with Crippen molar-refractivity contribution < 1.29 is 13.2 Å². The monoisotopic (exact) mass is 379 g/mol. The Morgan fingerprint density at radius 3 is 2.38 bits per heavy atom. The minimum Gasteiger partial charge on any atom is -0.272 e. The average molecular weight is 380 g/mol. The first-order valence-corrected chi connectivity index (χ1v) is 10.6. The summed E-state index contributed by atoms with van der Waals surface area (Å²) in [7, 11) is -3.68. The Balaban J connectivity index is 1.80. The van der Waals surface area contributed by atoms with E-state index in [9.17, 15) is 13.2 Å². The molecule has 0 bridgehead atoms. The molecule has 2 rings (SSSR count). The van der Waals surface area contributed by atoms with Gasteiger partial charge >= 0.3 is 0 Å². The van der Waals surface area contributed by atoms with E-state index < -0.39 is 15.9 Å². The highest BCUT2D eigenvalue weighted by Gasteiger charge is 2.30. The van der Waals surface area contributed by atoms with Crippen molar-refractivity contribution in [2.75, 3.05) is 6.54 Å². The summed E-state index contributed by atoms with van der Waals surface area (Å²) in [6, 6.07) is 7.97. The second-order valence-corrected chi connectivity index (χ2v) is 9.23. The highest BCUT2D eigenvalue weighted by molar-refractivity contribution is 7.89. The normalized spacial score (nSPS) is 18.4. The van der Waals surface area contributed by atoms with Gasteiger partial charge in [-0.1, -0.05) is 45.4 Å². The molecule has 1 aromatic carbocycles. The zero-order valence-electron chi connectivity index (χ0n) is 15.8. The summed E-state index contributed by atoms with van der Waals surface area (Å²) in [5, 5.41) is 4.18. The van der Waals surface area contributed by atoms with Crippen molar-refractivity contribution in [3.05, 3.63) is 30.3 Å². The van der Waals surface area contributed by atoms with Gasteiger partial charge in [0.05, 0.1) is 11.4 Å². The molecule has 0 heterocycles. The molecular weight excluding hydrogens is 350 g/mol. The van der Waals surface area contributed by atoms with E-state index in [2.05, 4.69) is 36.0 Å². The van der Waals surface area contributed by atoms with E-state index in [-0.39, 0.29) is 11.4 Å². The molecule has 1 aromatic rings. The molecule has 0 aliphatic heterocycles. The van der Waals surface area contributed by atoms with Crippen LogP contribution in [0.4, 0.5) is 0 Å². The van der Waals surface area contributed by atoms with Gasteiger partial charge in [-0.15, -0.1) is 0 Å². The topological polar surface area (TPSA) is 87.6 Å². The Bertz CT molecular complexity index is 733. The second-order valence-electron chi connectivity index (χ2n) is 7.47. The van der Waals surface area contributed by atoms with Gasteiger partial charge in [0.15, 0.2) is 0 Å². The number of rotatable bonds is 7. The number of nitrogens with one attached hydrogen (secondary N) is 2. The SMILES string of the molecule is CCC(C)(C)C1CCC(=NNC(=O)CNS(=O)(=O)c2ccccc2)CC1. The predicted octanol–water partition coefficient (Wildman–Crippen LogP) is 3.06. The summed E-state index contributed by atoms with van der Waals surface area (Å²) < 4.78 is 26.4. The Hall–Kier alpha value is -1.73. The van der Waals surface area contributed by atoms with Crippen molar-refractivity contribution in [1.29, 1.82) is 0 Å².